The summed E-state index contributed by atoms with van der Waals surface area (Å²) in [6, 6.07) is 1.40. The van der Waals surface area contributed by atoms with Crippen molar-refractivity contribution >= 4 is 0 Å². The van der Waals surface area contributed by atoms with E-state index in [1.54, 1.807) is 0 Å². The molecule has 3 unspecified atom stereocenters. The van der Waals surface area contributed by atoms with Crippen molar-refractivity contribution in [3.63, 3.8) is 0 Å². The van der Waals surface area contributed by atoms with E-state index >= 15 is 0 Å². The first kappa shape index (κ1) is 13.1. The van der Waals surface area contributed by atoms with Crippen molar-refractivity contribution in [3.05, 3.63) is 18.2 Å². The number of aromatic nitrogens is 2. The van der Waals surface area contributed by atoms with Crippen molar-refractivity contribution in [1.82, 2.24) is 14.5 Å². The molecule has 1 N–H and O–H groups in total. The van der Waals surface area contributed by atoms with E-state index < -0.39 is 0 Å². The molecule has 3 rings (SSSR count). The van der Waals surface area contributed by atoms with Crippen LogP contribution in [0.3, 0.4) is 0 Å². The third-order valence-electron chi connectivity index (χ3n) is 5.21. The number of piperidine rings is 1. The molecule has 1 aromatic heterocycles. The Bertz CT molecular complexity index is 417. The highest BCUT2D eigenvalue weighted by Gasteiger charge is 2.40. The summed E-state index contributed by atoms with van der Waals surface area (Å²) >= 11 is 0. The highest BCUT2D eigenvalue weighted by molar-refractivity contribution is 4.99. The summed E-state index contributed by atoms with van der Waals surface area (Å²) in [5.41, 5.74) is 0. The molecule has 3 atom stereocenters. The molecule has 2 saturated heterocycles. The first-order valence-corrected chi connectivity index (χ1v) is 7.59. The maximum Gasteiger partial charge on any atom is 0.111 e. The molecule has 4 heteroatoms. The quantitative estimate of drug-likeness (QED) is 0.898. The third kappa shape index (κ3) is 2.43. The highest BCUT2D eigenvalue weighted by Crippen LogP contribution is 2.39. The maximum absolute atomic E-state index is 10.5. The fourth-order valence-corrected chi connectivity index (χ4v) is 3.94. The van der Waals surface area contributed by atoms with Gasteiger partial charge in [0.1, 0.15) is 5.82 Å². The lowest BCUT2D eigenvalue weighted by molar-refractivity contribution is 0.0353. The van der Waals surface area contributed by atoms with Crippen LogP contribution in [-0.4, -0.2) is 44.8 Å². The van der Waals surface area contributed by atoms with E-state index in [1.807, 2.05) is 12.4 Å². The fraction of sp³-hybridized carbons (Fsp3) is 0.800. The zero-order valence-corrected chi connectivity index (χ0v) is 12.0. The minimum Gasteiger partial charge on any atom is -0.392 e. The molecule has 2 fully saturated rings. The van der Waals surface area contributed by atoms with Crippen molar-refractivity contribution < 1.29 is 5.11 Å². The molecule has 0 aromatic carbocycles. The topological polar surface area (TPSA) is 41.3 Å². The summed E-state index contributed by atoms with van der Waals surface area (Å²) in [5.74, 6) is 1.48. The van der Waals surface area contributed by atoms with Crippen LogP contribution in [0.4, 0.5) is 0 Å². The molecule has 0 aliphatic carbocycles. The van der Waals surface area contributed by atoms with Gasteiger partial charge in [-0.3, -0.25) is 0 Å². The standard InChI is InChI=1S/C15H25N3O/c1-3-18-7-6-16-15(18)10-14(19)11-8-12-4-5-13(9-11)17(12)2/h6-7,11-14,19H,3-5,8-10H2,1-2H3. The largest absolute Gasteiger partial charge is 0.392 e. The fourth-order valence-electron chi connectivity index (χ4n) is 3.94. The monoisotopic (exact) mass is 263 g/mol. The minimum absolute atomic E-state index is 0.232. The highest BCUT2D eigenvalue weighted by atomic mass is 16.3. The van der Waals surface area contributed by atoms with Crippen LogP contribution in [0.2, 0.25) is 0 Å². The van der Waals surface area contributed by atoms with Crippen LogP contribution in [0.15, 0.2) is 12.4 Å². The zero-order chi connectivity index (χ0) is 13.4. The lowest BCUT2D eigenvalue weighted by Gasteiger charge is -2.38. The van der Waals surface area contributed by atoms with E-state index in [2.05, 4.69) is 28.4 Å². The molecule has 2 bridgehead atoms. The van der Waals surface area contributed by atoms with Gasteiger partial charge in [0.2, 0.25) is 0 Å². The van der Waals surface area contributed by atoms with E-state index in [0.29, 0.717) is 24.4 Å². The summed E-state index contributed by atoms with van der Waals surface area (Å²) < 4.78 is 2.13. The van der Waals surface area contributed by atoms with E-state index in [4.69, 9.17) is 0 Å². The summed E-state index contributed by atoms with van der Waals surface area (Å²) in [6.45, 7) is 3.05. The summed E-state index contributed by atoms with van der Waals surface area (Å²) in [7, 11) is 2.24. The molecular weight excluding hydrogens is 238 g/mol. The van der Waals surface area contributed by atoms with Crippen LogP contribution in [-0.2, 0) is 13.0 Å². The van der Waals surface area contributed by atoms with E-state index in [9.17, 15) is 5.11 Å². The van der Waals surface area contributed by atoms with Gasteiger partial charge in [0.05, 0.1) is 6.10 Å². The van der Waals surface area contributed by atoms with Crippen LogP contribution < -0.4 is 0 Å². The van der Waals surface area contributed by atoms with Gasteiger partial charge >= 0.3 is 0 Å². The van der Waals surface area contributed by atoms with Gasteiger partial charge in [-0.05, 0) is 45.6 Å². The zero-order valence-electron chi connectivity index (χ0n) is 12.0. The van der Waals surface area contributed by atoms with Crippen LogP contribution in [0.5, 0.6) is 0 Å². The second kappa shape index (κ2) is 5.25. The van der Waals surface area contributed by atoms with Crippen LogP contribution >= 0.6 is 0 Å². The Kier molecular flexibility index (Phi) is 3.63. The molecule has 0 radical (unpaired) electrons. The number of hydrogen-bond donors (Lipinski definition) is 1. The molecule has 19 heavy (non-hydrogen) atoms. The average molecular weight is 263 g/mol. The summed E-state index contributed by atoms with van der Waals surface area (Å²) in [4.78, 5) is 6.91. The molecule has 1 aromatic rings. The summed E-state index contributed by atoms with van der Waals surface area (Å²) in [5, 5.41) is 10.5. The number of imidazole rings is 1. The predicted octanol–water partition coefficient (Wildman–Crippen LogP) is 1.68. The van der Waals surface area contributed by atoms with Gasteiger partial charge in [-0.25, -0.2) is 4.98 Å². The molecule has 0 amide bonds. The van der Waals surface area contributed by atoms with Crippen LogP contribution in [0, 0.1) is 5.92 Å². The van der Waals surface area contributed by atoms with Crippen molar-refractivity contribution in [2.24, 2.45) is 5.92 Å². The molecular formula is C15H25N3O. The SMILES string of the molecule is CCn1ccnc1CC(O)C1CC2CCC(C1)N2C. The second-order valence-electron chi connectivity index (χ2n) is 6.18. The van der Waals surface area contributed by atoms with Gasteiger partial charge in [-0.15, -0.1) is 0 Å². The van der Waals surface area contributed by atoms with Gasteiger partial charge < -0.3 is 14.6 Å². The Morgan fingerprint density at radius 3 is 2.68 bits per heavy atom. The Hall–Kier alpha value is -0.870. The molecule has 0 spiro atoms. The van der Waals surface area contributed by atoms with Crippen molar-refractivity contribution in [1.29, 1.82) is 0 Å². The number of aliphatic hydroxyl groups is 1. The molecule has 0 saturated carbocycles. The maximum atomic E-state index is 10.5. The summed E-state index contributed by atoms with van der Waals surface area (Å²) in [6.07, 6.45) is 9.24. The molecule has 3 heterocycles. The first-order valence-electron chi connectivity index (χ1n) is 7.59. The molecule has 2 aliphatic rings. The smallest absolute Gasteiger partial charge is 0.111 e. The molecule has 106 valence electrons. The molecule has 4 nitrogen and oxygen atoms in total. The Morgan fingerprint density at radius 2 is 2.05 bits per heavy atom. The average Bonchev–Trinajstić information content (AvgIpc) is 2.90. The lowest BCUT2D eigenvalue weighted by Crippen LogP contribution is -2.43. The Morgan fingerprint density at radius 1 is 1.37 bits per heavy atom. The van der Waals surface area contributed by atoms with Gasteiger partial charge in [-0.2, -0.15) is 0 Å². The number of nitrogens with zero attached hydrogens (tertiary/aromatic N) is 3. The second-order valence-corrected chi connectivity index (χ2v) is 6.18. The van der Waals surface area contributed by atoms with Crippen molar-refractivity contribution in [3.8, 4) is 0 Å². The van der Waals surface area contributed by atoms with Crippen LogP contribution in [0.1, 0.15) is 38.4 Å². The number of rotatable bonds is 4. The Balaban J connectivity index is 1.64. The Labute approximate surface area is 115 Å². The number of fused-ring (bicyclic) bond motifs is 2. The normalized spacial score (nSPS) is 32.7. The van der Waals surface area contributed by atoms with Crippen molar-refractivity contribution in [2.75, 3.05) is 7.05 Å². The predicted molar refractivity (Wildman–Crippen MR) is 74.9 cm³/mol. The van der Waals surface area contributed by atoms with Gasteiger partial charge in [0, 0.05) is 37.4 Å². The van der Waals surface area contributed by atoms with E-state index in [1.165, 1.54) is 12.8 Å². The van der Waals surface area contributed by atoms with Crippen molar-refractivity contribution in [2.45, 2.75) is 63.8 Å². The van der Waals surface area contributed by atoms with Gasteiger partial charge in [0.15, 0.2) is 0 Å². The first-order chi connectivity index (χ1) is 9.19. The number of aliphatic hydroxyl groups excluding tert-OH is 1. The minimum atomic E-state index is -0.232. The molecule has 2 aliphatic heterocycles. The third-order valence-corrected chi connectivity index (χ3v) is 5.21. The number of hydrogen-bond acceptors (Lipinski definition) is 3. The van der Waals surface area contributed by atoms with Crippen LogP contribution in [0.25, 0.3) is 0 Å². The van der Waals surface area contributed by atoms with Gasteiger partial charge in [-0.1, -0.05) is 0 Å². The lowest BCUT2D eigenvalue weighted by atomic mass is 9.85. The van der Waals surface area contributed by atoms with Gasteiger partial charge in [0.25, 0.3) is 0 Å². The van der Waals surface area contributed by atoms with E-state index in [0.717, 1.165) is 25.2 Å². The van der Waals surface area contributed by atoms with E-state index in [-0.39, 0.29) is 6.10 Å². The number of aryl methyl sites for hydroxylation is 1.